The normalized spacial score (nSPS) is 18.3. The zero-order valence-corrected chi connectivity index (χ0v) is 8.73. The number of carbonyl (C=O) groups excluding carboxylic acids is 1. The highest BCUT2D eigenvalue weighted by Gasteiger charge is 2.24. The summed E-state index contributed by atoms with van der Waals surface area (Å²) in [7, 11) is 1.59. The fourth-order valence-corrected chi connectivity index (χ4v) is 1.81. The zero-order valence-electron chi connectivity index (χ0n) is 8.73. The molecule has 2 rings (SSSR count). The quantitative estimate of drug-likeness (QED) is 0.755. The van der Waals surface area contributed by atoms with E-state index in [2.05, 4.69) is 10.1 Å². The molecule has 1 saturated carbocycles. The van der Waals surface area contributed by atoms with Crippen LogP contribution in [0.5, 0.6) is 0 Å². The Hall–Kier alpha value is -1.23. The van der Waals surface area contributed by atoms with E-state index in [0.29, 0.717) is 36.9 Å². The van der Waals surface area contributed by atoms with Gasteiger partial charge >= 0.3 is 0 Å². The Morgan fingerprint density at radius 1 is 1.47 bits per heavy atom. The Labute approximate surface area is 87.8 Å². The van der Waals surface area contributed by atoms with Gasteiger partial charge in [-0.15, -0.1) is 0 Å². The van der Waals surface area contributed by atoms with Crippen LogP contribution in [-0.2, 0) is 16.1 Å². The van der Waals surface area contributed by atoms with Crippen molar-refractivity contribution < 1.29 is 14.1 Å². The lowest BCUT2D eigenvalue weighted by atomic mass is 9.88. The van der Waals surface area contributed by atoms with E-state index in [9.17, 15) is 4.79 Å². The van der Waals surface area contributed by atoms with Crippen LogP contribution in [0.25, 0.3) is 0 Å². The average Bonchev–Trinajstić information content (AvgIpc) is 2.68. The molecule has 0 bridgehead atoms. The van der Waals surface area contributed by atoms with Gasteiger partial charge in [0, 0.05) is 25.9 Å². The van der Waals surface area contributed by atoms with Crippen molar-refractivity contribution in [3.63, 3.8) is 0 Å². The van der Waals surface area contributed by atoms with Crippen molar-refractivity contribution in [2.75, 3.05) is 7.11 Å². The molecule has 1 aromatic heterocycles. The van der Waals surface area contributed by atoms with Crippen LogP contribution in [0.15, 0.2) is 4.52 Å². The van der Waals surface area contributed by atoms with Gasteiger partial charge in [-0.05, 0) is 12.8 Å². The van der Waals surface area contributed by atoms with Crippen molar-refractivity contribution in [2.45, 2.75) is 38.2 Å². The molecule has 1 aromatic rings. The topological polar surface area (TPSA) is 65.2 Å². The molecule has 1 aliphatic carbocycles. The van der Waals surface area contributed by atoms with Gasteiger partial charge in [0.05, 0.1) is 0 Å². The van der Waals surface area contributed by atoms with Crippen molar-refractivity contribution in [2.24, 2.45) is 0 Å². The molecule has 0 aromatic carbocycles. The number of hydrogen-bond donors (Lipinski definition) is 0. The highest BCUT2D eigenvalue weighted by atomic mass is 16.5. The van der Waals surface area contributed by atoms with Gasteiger partial charge in [-0.3, -0.25) is 4.79 Å². The summed E-state index contributed by atoms with van der Waals surface area (Å²) in [6.45, 7) is 0.370. The van der Waals surface area contributed by atoms with E-state index in [4.69, 9.17) is 9.26 Å². The molecule has 5 heteroatoms. The predicted octanol–water partition coefficient (Wildman–Crippen LogP) is 1.44. The number of ketones is 1. The van der Waals surface area contributed by atoms with E-state index in [-0.39, 0.29) is 5.92 Å². The van der Waals surface area contributed by atoms with Gasteiger partial charge in [0.1, 0.15) is 12.4 Å². The number of aromatic nitrogens is 2. The number of carbonyl (C=O) groups is 1. The lowest BCUT2D eigenvalue weighted by Gasteiger charge is -2.16. The van der Waals surface area contributed by atoms with Crippen LogP contribution in [0, 0.1) is 0 Å². The van der Waals surface area contributed by atoms with E-state index in [0.717, 1.165) is 12.8 Å². The summed E-state index contributed by atoms with van der Waals surface area (Å²) < 4.78 is 10.0. The molecule has 0 amide bonds. The summed E-state index contributed by atoms with van der Waals surface area (Å²) in [5, 5.41) is 3.80. The molecule has 1 fully saturated rings. The Morgan fingerprint density at radius 2 is 2.20 bits per heavy atom. The Kier molecular flexibility index (Phi) is 3.11. The van der Waals surface area contributed by atoms with Crippen LogP contribution in [0.4, 0.5) is 0 Å². The molecule has 0 saturated heterocycles. The fourth-order valence-electron chi connectivity index (χ4n) is 1.81. The lowest BCUT2D eigenvalue weighted by Crippen LogP contribution is -2.12. The maximum atomic E-state index is 11.1. The number of methoxy groups -OCH3 is 1. The Bertz CT molecular complexity index is 338. The number of nitrogens with zero attached hydrogens (tertiary/aromatic N) is 2. The molecule has 0 aliphatic heterocycles. The third kappa shape index (κ3) is 2.41. The molecule has 0 unspecified atom stereocenters. The smallest absolute Gasteiger partial charge is 0.229 e. The van der Waals surface area contributed by atoms with Gasteiger partial charge < -0.3 is 9.26 Å². The number of hydrogen-bond acceptors (Lipinski definition) is 5. The van der Waals surface area contributed by atoms with E-state index in [1.807, 2.05) is 0 Å². The third-order valence-electron chi connectivity index (χ3n) is 2.65. The van der Waals surface area contributed by atoms with Crippen molar-refractivity contribution in [1.29, 1.82) is 0 Å². The molecule has 0 N–H and O–H groups in total. The first-order valence-electron chi connectivity index (χ1n) is 5.12. The van der Waals surface area contributed by atoms with Crippen LogP contribution in [0.2, 0.25) is 0 Å². The minimum Gasteiger partial charge on any atom is -0.377 e. The van der Waals surface area contributed by atoms with Crippen molar-refractivity contribution in [3.05, 3.63) is 11.7 Å². The van der Waals surface area contributed by atoms with Crippen LogP contribution >= 0.6 is 0 Å². The third-order valence-corrected chi connectivity index (χ3v) is 2.65. The van der Waals surface area contributed by atoms with Crippen molar-refractivity contribution in [3.8, 4) is 0 Å². The van der Waals surface area contributed by atoms with E-state index < -0.39 is 0 Å². The lowest BCUT2D eigenvalue weighted by molar-refractivity contribution is -0.120. The number of Topliss-reactive ketones (excluding diaryl/α,β-unsaturated/α-hetero) is 1. The highest BCUT2D eigenvalue weighted by Crippen LogP contribution is 2.29. The summed E-state index contributed by atoms with van der Waals surface area (Å²) in [5.41, 5.74) is 0. The molecule has 0 radical (unpaired) electrons. The van der Waals surface area contributed by atoms with Crippen molar-refractivity contribution >= 4 is 5.78 Å². The molecule has 1 aliphatic rings. The van der Waals surface area contributed by atoms with Crippen LogP contribution in [0.1, 0.15) is 43.3 Å². The summed E-state index contributed by atoms with van der Waals surface area (Å²) in [6, 6.07) is 0. The maximum absolute atomic E-state index is 11.1. The van der Waals surface area contributed by atoms with Gasteiger partial charge in [-0.1, -0.05) is 5.16 Å². The van der Waals surface area contributed by atoms with Crippen LogP contribution in [0.3, 0.4) is 0 Å². The first kappa shape index (κ1) is 10.3. The molecular formula is C10H14N2O3. The van der Waals surface area contributed by atoms with E-state index in [1.165, 1.54) is 0 Å². The second-order valence-electron chi connectivity index (χ2n) is 3.79. The molecule has 5 nitrogen and oxygen atoms in total. The van der Waals surface area contributed by atoms with Crippen molar-refractivity contribution in [1.82, 2.24) is 10.1 Å². The zero-order chi connectivity index (χ0) is 10.7. The van der Waals surface area contributed by atoms with Gasteiger partial charge in [0.25, 0.3) is 0 Å². The predicted molar refractivity (Wildman–Crippen MR) is 51.2 cm³/mol. The monoisotopic (exact) mass is 210 g/mol. The van der Waals surface area contributed by atoms with Crippen LogP contribution < -0.4 is 0 Å². The first-order chi connectivity index (χ1) is 7.29. The second-order valence-corrected chi connectivity index (χ2v) is 3.79. The largest absolute Gasteiger partial charge is 0.377 e. The molecule has 15 heavy (non-hydrogen) atoms. The highest BCUT2D eigenvalue weighted by molar-refractivity contribution is 5.79. The Morgan fingerprint density at radius 3 is 2.87 bits per heavy atom. The first-order valence-corrected chi connectivity index (χ1v) is 5.12. The SMILES string of the molecule is COCc1noc(C2CCC(=O)CC2)n1. The number of rotatable bonds is 3. The summed E-state index contributed by atoms with van der Waals surface area (Å²) >= 11 is 0. The summed E-state index contributed by atoms with van der Waals surface area (Å²) in [4.78, 5) is 15.3. The molecule has 82 valence electrons. The minimum atomic E-state index is 0.251. The average molecular weight is 210 g/mol. The molecule has 0 atom stereocenters. The second kappa shape index (κ2) is 4.53. The van der Waals surface area contributed by atoms with E-state index in [1.54, 1.807) is 7.11 Å². The molecule has 0 spiro atoms. The molecular weight excluding hydrogens is 196 g/mol. The van der Waals surface area contributed by atoms with Gasteiger partial charge in [-0.2, -0.15) is 4.98 Å². The Balaban J connectivity index is 1.99. The van der Waals surface area contributed by atoms with Gasteiger partial charge in [0.2, 0.25) is 5.89 Å². The van der Waals surface area contributed by atoms with E-state index >= 15 is 0 Å². The summed E-state index contributed by atoms with van der Waals surface area (Å²) in [5.74, 6) is 1.81. The standard InChI is InChI=1S/C10H14N2O3/c1-14-6-9-11-10(15-12-9)7-2-4-8(13)5-3-7/h7H,2-6H2,1H3. The van der Waals surface area contributed by atoms with Gasteiger partial charge in [-0.25, -0.2) is 0 Å². The van der Waals surface area contributed by atoms with Crippen LogP contribution in [-0.4, -0.2) is 23.0 Å². The van der Waals surface area contributed by atoms with Gasteiger partial charge in [0.15, 0.2) is 5.82 Å². The summed E-state index contributed by atoms with van der Waals surface area (Å²) in [6.07, 6.45) is 2.92. The minimum absolute atomic E-state index is 0.251. The molecule has 1 heterocycles. The maximum Gasteiger partial charge on any atom is 0.229 e. The fraction of sp³-hybridized carbons (Fsp3) is 0.700. The number of ether oxygens (including phenoxy) is 1.